The van der Waals surface area contributed by atoms with Gasteiger partial charge in [-0.25, -0.2) is 9.78 Å². The summed E-state index contributed by atoms with van der Waals surface area (Å²) < 4.78 is 16.0. The number of thiazole rings is 1. The van der Waals surface area contributed by atoms with Gasteiger partial charge < -0.3 is 14.2 Å². The van der Waals surface area contributed by atoms with Crippen LogP contribution < -0.4 is 9.47 Å². The van der Waals surface area contributed by atoms with Crippen LogP contribution in [0.5, 0.6) is 11.5 Å². The summed E-state index contributed by atoms with van der Waals surface area (Å²) in [6.45, 7) is 0.0899. The van der Waals surface area contributed by atoms with Crippen LogP contribution in [0.15, 0.2) is 53.9 Å². The average molecular weight is 416 g/mol. The van der Waals surface area contributed by atoms with Crippen molar-refractivity contribution >= 4 is 35.0 Å². The molecule has 0 spiro atoms. The molecule has 0 atom stereocenters. The summed E-state index contributed by atoms with van der Waals surface area (Å²) in [4.78, 5) is 16.5. The van der Waals surface area contributed by atoms with Crippen LogP contribution in [0.2, 0.25) is 5.02 Å². The standard InChI is InChI=1S/C21H18ClNO4S/c1-25-18-5-3-4-17(20(18)26-2)21-23-16(13-28-21)12-27-19(24)11-8-14-6-9-15(22)10-7-14/h3-11,13H,12H2,1-2H3/b11-8+. The number of para-hydroxylation sites is 1. The van der Waals surface area contributed by atoms with E-state index in [4.69, 9.17) is 25.8 Å². The molecule has 0 N–H and O–H groups in total. The number of carbonyl (C=O) groups is 1. The molecule has 0 bridgehead atoms. The van der Waals surface area contributed by atoms with Gasteiger partial charge in [0.05, 0.1) is 25.5 Å². The van der Waals surface area contributed by atoms with Gasteiger partial charge in [-0.3, -0.25) is 0 Å². The Labute approximate surface area is 172 Å². The first-order chi connectivity index (χ1) is 13.6. The third-order valence-corrected chi connectivity index (χ3v) is 5.01. The Balaban J connectivity index is 1.64. The van der Waals surface area contributed by atoms with E-state index in [9.17, 15) is 4.79 Å². The summed E-state index contributed by atoms with van der Waals surface area (Å²) >= 11 is 7.28. The van der Waals surface area contributed by atoms with Gasteiger partial charge in [-0.2, -0.15) is 0 Å². The van der Waals surface area contributed by atoms with E-state index in [1.807, 2.05) is 35.7 Å². The van der Waals surface area contributed by atoms with Crippen LogP contribution in [-0.2, 0) is 16.1 Å². The van der Waals surface area contributed by atoms with Crippen molar-refractivity contribution in [1.82, 2.24) is 4.98 Å². The first-order valence-corrected chi connectivity index (χ1v) is 9.62. The SMILES string of the molecule is COc1cccc(-c2nc(COC(=O)/C=C/c3ccc(Cl)cc3)cs2)c1OC. The third kappa shape index (κ3) is 4.91. The lowest BCUT2D eigenvalue weighted by molar-refractivity contribution is -0.139. The Morgan fingerprint density at radius 1 is 1.14 bits per heavy atom. The molecule has 28 heavy (non-hydrogen) atoms. The van der Waals surface area contributed by atoms with Gasteiger partial charge in [0, 0.05) is 16.5 Å². The Morgan fingerprint density at radius 3 is 2.64 bits per heavy atom. The van der Waals surface area contributed by atoms with Crippen LogP contribution in [0.4, 0.5) is 0 Å². The highest BCUT2D eigenvalue weighted by atomic mass is 35.5. The number of esters is 1. The largest absolute Gasteiger partial charge is 0.493 e. The van der Waals surface area contributed by atoms with Crippen LogP contribution in [0.25, 0.3) is 16.6 Å². The maximum Gasteiger partial charge on any atom is 0.331 e. The number of halogens is 1. The van der Waals surface area contributed by atoms with Gasteiger partial charge in [-0.1, -0.05) is 29.8 Å². The zero-order valence-electron chi connectivity index (χ0n) is 15.3. The van der Waals surface area contributed by atoms with Crippen LogP contribution in [0, 0.1) is 0 Å². The molecule has 0 radical (unpaired) electrons. The van der Waals surface area contributed by atoms with Crippen molar-refractivity contribution in [3.63, 3.8) is 0 Å². The van der Waals surface area contributed by atoms with Crippen LogP contribution in [-0.4, -0.2) is 25.2 Å². The van der Waals surface area contributed by atoms with Gasteiger partial charge >= 0.3 is 5.97 Å². The summed E-state index contributed by atoms with van der Waals surface area (Å²) in [6, 6.07) is 12.8. The van der Waals surface area contributed by atoms with Crippen molar-refractivity contribution in [3.8, 4) is 22.1 Å². The van der Waals surface area contributed by atoms with Gasteiger partial charge in [-0.05, 0) is 35.9 Å². The maximum atomic E-state index is 11.9. The smallest absolute Gasteiger partial charge is 0.331 e. The Kier molecular flexibility index (Phi) is 6.68. The highest BCUT2D eigenvalue weighted by Crippen LogP contribution is 2.38. The summed E-state index contributed by atoms with van der Waals surface area (Å²) in [7, 11) is 3.18. The molecule has 2 aromatic carbocycles. The normalized spacial score (nSPS) is 10.8. The number of rotatable bonds is 7. The first kappa shape index (κ1) is 19.9. The molecule has 144 valence electrons. The zero-order valence-corrected chi connectivity index (χ0v) is 16.9. The molecule has 0 fully saturated rings. The van der Waals surface area contributed by atoms with E-state index in [-0.39, 0.29) is 6.61 Å². The number of hydrogen-bond donors (Lipinski definition) is 0. The monoisotopic (exact) mass is 415 g/mol. The number of benzene rings is 2. The number of hydrogen-bond acceptors (Lipinski definition) is 6. The van der Waals surface area contributed by atoms with E-state index in [1.165, 1.54) is 17.4 Å². The number of aromatic nitrogens is 1. The fourth-order valence-corrected chi connectivity index (χ4v) is 3.44. The highest BCUT2D eigenvalue weighted by Gasteiger charge is 2.15. The molecule has 0 saturated heterocycles. The van der Waals surface area contributed by atoms with Gasteiger partial charge in [0.2, 0.25) is 0 Å². The van der Waals surface area contributed by atoms with E-state index in [1.54, 1.807) is 32.4 Å². The molecule has 1 heterocycles. The quantitative estimate of drug-likeness (QED) is 0.390. The first-order valence-electron chi connectivity index (χ1n) is 8.37. The molecule has 0 saturated carbocycles. The Morgan fingerprint density at radius 2 is 1.93 bits per heavy atom. The third-order valence-electron chi connectivity index (χ3n) is 3.83. The second-order valence-electron chi connectivity index (χ2n) is 5.68. The lowest BCUT2D eigenvalue weighted by atomic mass is 10.2. The molecule has 0 aliphatic carbocycles. The van der Waals surface area contributed by atoms with Gasteiger partial charge in [0.25, 0.3) is 0 Å². The van der Waals surface area contributed by atoms with E-state index in [0.29, 0.717) is 22.2 Å². The fourth-order valence-electron chi connectivity index (χ4n) is 2.48. The van der Waals surface area contributed by atoms with Crippen molar-refractivity contribution < 1.29 is 19.0 Å². The van der Waals surface area contributed by atoms with E-state index >= 15 is 0 Å². The summed E-state index contributed by atoms with van der Waals surface area (Å²) in [5, 5.41) is 3.26. The molecule has 3 rings (SSSR count). The number of nitrogens with zero attached hydrogens (tertiary/aromatic N) is 1. The molecule has 3 aromatic rings. The minimum Gasteiger partial charge on any atom is -0.493 e. The van der Waals surface area contributed by atoms with Crippen LogP contribution in [0.3, 0.4) is 0 Å². The second-order valence-corrected chi connectivity index (χ2v) is 6.97. The molecular formula is C21H18ClNO4S. The molecule has 5 nitrogen and oxygen atoms in total. The lowest BCUT2D eigenvalue weighted by Crippen LogP contribution is -2.01. The Bertz CT molecular complexity index is 982. The predicted octanol–water partition coefficient (Wildman–Crippen LogP) is 5.24. The van der Waals surface area contributed by atoms with Gasteiger partial charge in [0.15, 0.2) is 11.5 Å². The zero-order chi connectivity index (χ0) is 19.9. The summed E-state index contributed by atoms with van der Waals surface area (Å²) in [5.41, 5.74) is 2.35. The van der Waals surface area contributed by atoms with Gasteiger partial charge in [-0.15, -0.1) is 11.3 Å². The van der Waals surface area contributed by atoms with Crippen molar-refractivity contribution in [2.45, 2.75) is 6.61 Å². The molecule has 0 amide bonds. The van der Waals surface area contributed by atoms with E-state index in [0.717, 1.165) is 16.1 Å². The fraction of sp³-hybridized carbons (Fsp3) is 0.143. The topological polar surface area (TPSA) is 57.7 Å². The summed E-state index contributed by atoms with van der Waals surface area (Å²) in [6.07, 6.45) is 3.05. The minimum atomic E-state index is -0.441. The summed E-state index contributed by atoms with van der Waals surface area (Å²) in [5.74, 6) is 0.813. The number of carbonyl (C=O) groups excluding carboxylic acids is 1. The van der Waals surface area contributed by atoms with Crippen molar-refractivity contribution in [2.24, 2.45) is 0 Å². The molecule has 0 unspecified atom stereocenters. The van der Waals surface area contributed by atoms with Crippen LogP contribution in [0.1, 0.15) is 11.3 Å². The van der Waals surface area contributed by atoms with E-state index < -0.39 is 5.97 Å². The van der Waals surface area contributed by atoms with E-state index in [2.05, 4.69) is 4.98 Å². The lowest BCUT2D eigenvalue weighted by Gasteiger charge is -2.10. The molecule has 1 aromatic heterocycles. The van der Waals surface area contributed by atoms with Gasteiger partial charge in [0.1, 0.15) is 11.6 Å². The van der Waals surface area contributed by atoms with Crippen molar-refractivity contribution in [3.05, 3.63) is 70.2 Å². The maximum absolute atomic E-state index is 11.9. The van der Waals surface area contributed by atoms with Crippen LogP contribution >= 0.6 is 22.9 Å². The average Bonchev–Trinajstić information content (AvgIpc) is 3.20. The molecular weight excluding hydrogens is 398 g/mol. The predicted molar refractivity (Wildman–Crippen MR) is 111 cm³/mol. The minimum absolute atomic E-state index is 0.0899. The van der Waals surface area contributed by atoms with Crippen molar-refractivity contribution in [2.75, 3.05) is 14.2 Å². The number of methoxy groups -OCH3 is 2. The molecule has 0 aliphatic heterocycles. The molecule has 7 heteroatoms. The highest BCUT2D eigenvalue weighted by molar-refractivity contribution is 7.13. The second kappa shape index (κ2) is 9.39. The number of ether oxygens (including phenoxy) is 3. The Hall–Kier alpha value is -2.83. The van der Waals surface area contributed by atoms with Crippen molar-refractivity contribution in [1.29, 1.82) is 0 Å². The molecule has 0 aliphatic rings.